The van der Waals surface area contributed by atoms with Crippen LogP contribution < -0.4 is 5.32 Å². The fourth-order valence-corrected chi connectivity index (χ4v) is 4.18. The van der Waals surface area contributed by atoms with Gasteiger partial charge in [-0.3, -0.25) is 9.59 Å². The SMILES string of the molecule is CC(=O)c1ccc(S(=O)(=O)N(C)CCCC(=O)Nc2ccc3oc(C)nc3c2)cc1. The van der Waals surface area contributed by atoms with Gasteiger partial charge in [0.1, 0.15) is 5.52 Å². The van der Waals surface area contributed by atoms with Crippen molar-refractivity contribution >= 4 is 38.5 Å². The van der Waals surface area contributed by atoms with Crippen molar-refractivity contribution in [1.29, 1.82) is 0 Å². The van der Waals surface area contributed by atoms with E-state index in [0.29, 0.717) is 34.7 Å². The van der Waals surface area contributed by atoms with E-state index in [-0.39, 0.29) is 29.6 Å². The van der Waals surface area contributed by atoms with Gasteiger partial charge in [-0.2, -0.15) is 0 Å². The summed E-state index contributed by atoms with van der Waals surface area (Å²) < 4.78 is 31.9. The Bertz CT molecular complexity index is 1180. The number of benzene rings is 2. The van der Waals surface area contributed by atoms with Crippen LogP contribution >= 0.6 is 0 Å². The van der Waals surface area contributed by atoms with E-state index in [0.717, 1.165) is 0 Å². The van der Waals surface area contributed by atoms with Crippen molar-refractivity contribution in [2.24, 2.45) is 0 Å². The van der Waals surface area contributed by atoms with Gasteiger partial charge < -0.3 is 9.73 Å². The number of sulfonamides is 1. The molecule has 0 radical (unpaired) electrons. The van der Waals surface area contributed by atoms with Crippen LogP contribution in [0.4, 0.5) is 5.69 Å². The fourth-order valence-electron chi connectivity index (χ4n) is 2.97. The van der Waals surface area contributed by atoms with Gasteiger partial charge in [-0.15, -0.1) is 0 Å². The van der Waals surface area contributed by atoms with Crippen LogP contribution in [0.5, 0.6) is 0 Å². The quantitative estimate of drug-likeness (QED) is 0.550. The minimum atomic E-state index is -3.69. The minimum Gasteiger partial charge on any atom is -0.441 e. The Morgan fingerprint density at radius 1 is 1.13 bits per heavy atom. The van der Waals surface area contributed by atoms with Crippen LogP contribution in [0.1, 0.15) is 36.0 Å². The molecule has 8 nitrogen and oxygen atoms in total. The van der Waals surface area contributed by atoms with Gasteiger partial charge in [0.25, 0.3) is 0 Å². The Balaban J connectivity index is 1.53. The molecule has 9 heteroatoms. The molecule has 0 fully saturated rings. The Morgan fingerprint density at radius 3 is 2.50 bits per heavy atom. The lowest BCUT2D eigenvalue weighted by Gasteiger charge is -2.17. The van der Waals surface area contributed by atoms with Crippen LogP contribution in [0.2, 0.25) is 0 Å². The molecule has 0 aliphatic heterocycles. The molecule has 1 N–H and O–H groups in total. The molecule has 158 valence electrons. The van der Waals surface area contributed by atoms with Crippen molar-refractivity contribution in [3.05, 3.63) is 53.9 Å². The lowest BCUT2D eigenvalue weighted by atomic mass is 10.2. The highest BCUT2D eigenvalue weighted by molar-refractivity contribution is 7.89. The predicted molar refractivity (Wildman–Crippen MR) is 113 cm³/mol. The normalized spacial score (nSPS) is 11.7. The number of aryl methyl sites for hydroxylation is 1. The van der Waals surface area contributed by atoms with Crippen LogP contribution in [-0.4, -0.2) is 43.0 Å². The number of ketones is 1. The summed E-state index contributed by atoms with van der Waals surface area (Å²) >= 11 is 0. The summed E-state index contributed by atoms with van der Waals surface area (Å²) in [7, 11) is -2.22. The molecule has 1 amide bonds. The molecule has 0 aliphatic carbocycles. The zero-order chi connectivity index (χ0) is 21.9. The van der Waals surface area contributed by atoms with Gasteiger partial charge >= 0.3 is 0 Å². The Hall–Kier alpha value is -3.04. The third-order valence-corrected chi connectivity index (χ3v) is 6.50. The van der Waals surface area contributed by atoms with Crippen LogP contribution in [-0.2, 0) is 14.8 Å². The number of hydrogen-bond donors (Lipinski definition) is 1. The summed E-state index contributed by atoms with van der Waals surface area (Å²) in [5.41, 5.74) is 2.36. The molecule has 1 aromatic heterocycles. The standard InChI is InChI=1S/C21H23N3O5S/c1-14(25)16-6-9-18(10-7-16)30(27,28)24(3)12-4-5-21(26)23-17-8-11-20-19(13-17)22-15(2)29-20/h6-11,13H,4-5,12H2,1-3H3,(H,23,26). The Morgan fingerprint density at radius 2 is 1.83 bits per heavy atom. The third kappa shape index (κ3) is 4.92. The second-order valence-electron chi connectivity index (χ2n) is 6.97. The maximum Gasteiger partial charge on any atom is 0.242 e. The number of anilines is 1. The predicted octanol–water partition coefficient (Wildman–Crippen LogP) is 3.38. The summed E-state index contributed by atoms with van der Waals surface area (Å²) in [6.07, 6.45) is 0.525. The first-order chi connectivity index (χ1) is 14.2. The number of aromatic nitrogens is 1. The number of carbonyl (C=O) groups excluding carboxylic acids is 2. The van der Waals surface area contributed by atoms with Crippen LogP contribution in [0.15, 0.2) is 51.8 Å². The van der Waals surface area contributed by atoms with Crippen molar-refractivity contribution in [3.8, 4) is 0 Å². The lowest BCUT2D eigenvalue weighted by Crippen LogP contribution is -2.28. The highest BCUT2D eigenvalue weighted by Crippen LogP contribution is 2.20. The number of Topliss-reactive ketones (excluding diaryl/α,β-unsaturated/α-hetero) is 1. The molecule has 0 unspecified atom stereocenters. The molecule has 2 aromatic carbocycles. The maximum absolute atomic E-state index is 12.6. The first-order valence-corrected chi connectivity index (χ1v) is 10.9. The number of nitrogens with one attached hydrogen (secondary N) is 1. The first kappa shape index (κ1) is 21.7. The molecule has 3 rings (SSSR count). The summed E-state index contributed by atoms with van der Waals surface area (Å²) in [5, 5.41) is 2.78. The van der Waals surface area contributed by atoms with Crippen LogP contribution in [0.25, 0.3) is 11.1 Å². The number of nitrogens with zero attached hydrogens (tertiary/aromatic N) is 2. The molecule has 0 atom stereocenters. The van der Waals surface area contributed by atoms with E-state index < -0.39 is 10.0 Å². The monoisotopic (exact) mass is 429 g/mol. The van der Waals surface area contributed by atoms with E-state index in [1.165, 1.54) is 42.5 Å². The molecule has 0 aliphatic rings. The highest BCUT2D eigenvalue weighted by Gasteiger charge is 2.20. The van der Waals surface area contributed by atoms with E-state index in [4.69, 9.17) is 4.42 Å². The number of fused-ring (bicyclic) bond motifs is 1. The van der Waals surface area contributed by atoms with Gasteiger partial charge in [-0.1, -0.05) is 12.1 Å². The van der Waals surface area contributed by atoms with E-state index in [9.17, 15) is 18.0 Å². The molecule has 0 saturated heterocycles. The number of rotatable bonds is 8. The van der Waals surface area contributed by atoms with Gasteiger partial charge in [-0.05, 0) is 43.7 Å². The molecular weight excluding hydrogens is 406 g/mol. The van der Waals surface area contributed by atoms with E-state index in [1.807, 2.05) is 0 Å². The van der Waals surface area contributed by atoms with Gasteiger partial charge in [0.05, 0.1) is 4.90 Å². The molecular formula is C21H23N3O5S. The summed E-state index contributed by atoms with van der Waals surface area (Å²) in [5.74, 6) is 0.205. The van der Waals surface area contributed by atoms with Gasteiger partial charge in [0, 0.05) is 38.2 Å². The number of oxazole rings is 1. The average Bonchev–Trinajstić information content (AvgIpc) is 3.07. The molecule has 1 heterocycles. The van der Waals surface area contributed by atoms with Gasteiger partial charge in [0.2, 0.25) is 15.9 Å². The first-order valence-electron chi connectivity index (χ1n) is 9.41. The largest absolute Gasteiger partial charge is 0.441 e. The van der Waals surface area contributed by atoms with Crippen molar-refractivity contribution < 1.29 is 22.4 Å². The zero-order valence-electron chi connectivity index (χ0n) is 17.0. The second kappa shape index (κ2) is 8.76. The number of carbonyl (C=O) groups is 2. The molecule has 30 heavy (non-hydrogen) atoms. The van der Waals surface area contributed by atoms with Crippen molar-refractivity contribution in [2.75, 3.05) is 18.9 Å². The third-order valence-electron chi connectivity index (χ3n) is 4.62. The molecule has 0 saturated carbocycles. The zero-order valence-corrected chi connectivity index (χ0v) is 17.8. The van der Waals surface area contributed by atoms with Crippen LogP contribution in [0, 0.1) is 6.92 Å². The summed E-state index contributed by atoms with van der Waals surface area (Å²) in [4.78, 5) is 27.9. The topological polar surface area (TPSA) is 110 Å². The number of hydrogen-bond acceptors (Lipinski definition) is 6. The Kier molecular flexibility index (Phi) is 6.33. The van der Waals surface area contributed by atoms with Gasteiger partial charge in [-0.25, -0.2) is 17.7 Å². The van der Waals surface area contributed by atoms with Gasteiger partial charge in [0.15, 0.2) is 17.3 Å². The average molecular weight is 429 g/mol. The molecule has 3 aromatic rings. The van der Waals surface area contributed by atoms with E-state index in [2.05, 4.69) is 10.3 Å². The van der Waals surface area contributed by atoms with Crippen molar-refractivity contribution in [1.82, 2.24) is 9.29 Å². The molecule has 0 bridgehead atoms. The number of amides is 1. The van der Waals surface area contributed by atoms with Crippen molar-refractivity contribution in [2.45, 2.75) is 31.6 Å². The van der Waals surface area contributed by atoms with Crippen LogP contribution in [0.3, 0.4) is 0 Å². The minimum absolute atomic E-state index is 0.107. The fraction of sp³-hybridized carbons (Fsp3) is 0.286. The maximum atomic E-state index is 12.6. The smallest absolute Gasteiger partial charge is 0.242 e. The van der Waals surface area contributed by atoms with Crippen molar-refractivity contribution in [3.63, 3.8) is 0 Å². The molecule has 0 spiro atoms. The lowest BCUT2D eigenvalue weighted by molar-refractivity contribution is -0.116. The summed E-state index contributed by atoms with van der Waals surface area (Å²) in [6.45, 7) is 3.36. The Labute approximate surface area is 174 Å². The highest BCUT2D eigenvalue weighted by atomic mass is 32.2. The summed E-state index contributed by atoms with van der Waals surface area (Å²) in [6, 6.07) is 11.0. The van der Waals surface area contributed by atoms with E-state index in [1.54, 1.807) is 25.1 Å². The van der Waals surface area contributed by atoms with E-state index >= 15 is 0 Å². The second-order valence-corrected chi connectivity index (χ2v) is 9.02.